The predicted molar refractivity (Wildman–Crippen MR) is 69.1 cm³/mol. The Morgan fingerprint density at radius 3 is 2.58 bits per heavy atom. The summed E-state index contributed by atoms with van der Waals surface area (Å²) >= 11 is 8.96. The van der Waals surface area contributed by atoms with Crippen LogP contribution in [0.2, 0.25) is 5.02 Å². The Bertz CT molecular complexity index is 405. The summed E-state index contributed by atoms with van der Waals surface area (Å²) in [5.74, 6) is -0.476. The fourth-order valence-electron chi connectivity index (χ4n) is 1.29. The van der Waals surface area contributed by atoms with Crippen molar-refractivity contribution in [2.45, 2.75) is 12.6 Å². The molecule has 19 heavy (non-hydrogen) atoms. The molecule has 1 N–H and O–H groups in total. The largest absolute Gasteiger partial charge is 0.411 e. The molecule has 0 amide bonds. The van der Waals surface area contributed by atoms with Gasteiger partial charge in [-0.05, 0) is 34.5 Å². The van der Waals surface area contributed by atoms with Gasteiger partial charge in [0.2, 0.25) is 0 Å². The number of alkyl halides is 3. The SMILES string of the molecule is Fc1cc(Cl)c(NCCCOCC(F)(F)F)c(Br)c1. The Morgan fingerprint density at radius 1 is 1.32 bits per heavy atom. The number of ether oxygens (including phenoxy) is 1. The smallest absolute Gasteiger partial charge is 0.383 e. The molecular weight excluding hydrogens is 353 g/mol. The van der Waals surface area contributed by atoms with Crippen LogP contribution in [-0.4, -0.2) is 25.9 Å². The number of benzene rings is 1. The molecule has 0 heterocycles. The van der Waals surface area contributed by atoms with Gasteiger partial charge in [-0.1, -0.05) is 11.6 Å². The fourth-order valence-corrected chi connectivity index (χ4v) is 2.25. The third kappa shape index (κ3) is 6.44. The molecule has 0 bridgehead atoms. The normalized spacial score (nSPS) is 11.7. The van der Waals surface area contributed by atoms with Crippen molar-refractivity contribution in [2.24, 2.45) is 0 Å². The summed E-state index contributed by atoms with van der Waals surface area (Å²) in [4.78, 5) is 0. The first-order valence-corrected chi connectivity index (χ1v) is 6.49. The van der Waals surface area contributed by atoms with Gasteiger partial charge in [0.15, 0.2) is 0 Å². The maximum Gasteiger partial charge on any atom is 0.411 e. The van der Waals surface area contributed by atoms with Gasteiger partial charge in [0.05, 0.1) is 10.7 Å². The van der Waals surface area contributed by atoms with E-state index in [0.717, 1.165) is 6.07 Å². The molecule has 0 atom stereocenters. The lowest BCUT2D eigenvalue weighted by molar-refractivity contribution is -0.173. The van der Waals surface area contributed by atoms with Crippen LogP contribution in [0, 0.1) is 5.82 Å². The molecule has 0 saturated carbocycles. The molecule has 0 fully saturated rings. The number of hydrogen-bond donors (Lipinski definition) is 1. The monoisotopic (exact) mass is 363 g/mol. The maximum absolute atomic E-state index is 12.9. The minimum Gasteiger partial charge on any atom is -0.383 e. The van der Waals surface area contributed by atoms with Crippen LogP contribution in [0.25, 0.3) is 0 Å². The summed E-state index contributed by atoms with van der Waals surface area (Å²) in [5, 5.41) is 3.10. The van der Waals surface area contributed by atoms with E-state index in [1.165, 1.54) is 6.07 Å². The average molecular weight is 365 g/mol. The second kappa shape index (κ2) is 7.31. The van der Waals surface area contributed by atoms with E-state index in [0.29, 0.717) is 23.1 Å². The molecule has 0 radical (unpaired) electrons. The molecule has 0 aromatic heterocycles. The summed E-state index contributed by atoms with van der Waals surface area (Å²) in [5.41, 5.74) is 0.499. The molecule has 0 saturated heterocycles. The first-order valence-electron chi connectivity index (χ1n) is 5.32. The van der Waals surface area contributed by atoms with Gasteiger partial charge in [0.25, 0.3) is 0 Å². The van der Waals surface area contributed by atoms with E-state index in [2.05, 4.69) is 26.0 Å². The molecule has 2 nitrogen and oxygen atoms in total. The van der Waals surface area contributed by atoms with Crippen LogP contribution in [0.1, 0.15) is 6.42 Å². The first-order chi connectivity index (χ1) is 8.79. The molecular formula is C11H11BrClF4NO. The van der Waals surface area contributed by atoms with Crippen molar-refractivity contribution in [2.75, 3.05) is 25.1 Å². The highest BCUT2D eigenvalue weighted by molar-refractivity contribution is 9.10. The number of hydrogen-bond acceptors (Lipinski definition) is 2. The van der Waals surface area contributed by atoms with E-state index >= 15 is 0 Å². The van der Waals surface area contributed by atoms with Crippen molar-refractivity contribution in [1.29, 1.82) is 0 Å². The van der Waals surface area contributed by atoms with Crippen molar-refractivity contribution in [3.05, 3.63) is 27.4 Å². The zero-order chi connectivity index (χ0) is 14.5. The van der Waals surface area contributed by atoms with Gasteiger partial charge in [0, 0.05) is 17.6 Å². The minimum absolute atomic E-state index is 0.0249. The quantitative estimate of drug-likeness (QED) is 0.587. The van der Waals surface area contributed by atoms with Gasteiger partial charge in [-0.25, -0.2) is 4.39 Å². The number of anilines is 1. The van der Waals surface area contributed by atoms with Gasteiger partial charge < -0.3 is 10.1 Å². The first kappa shape index (κ1) is 16.5. The molecule has 0 unspecified atom stereocenters. The van der Waals surface area contributed by atoms with Crippen LogP contribution in [-0.2, 0) is 4.74 Å². The number of nitrogens with one attached hydrogen (secondary N) is 1. The molecule has 8 heteroatoms. The predicted octanol–water partition coefficient (Wildman–Crippen LogP) is 4.62. The summed E-state index contributed by atoms with van der Waals surface area (Å²) < 4.78 is 53.2. The number of halogens is 6. The Kier molecular flexibility index (Phi) is 6.35. The minimum atomic E-state index is -4.31. The zero-order valence-corrected chi connectivity index (χ0v) is 12.0. The second-order valence-electron chi connectivity index (χ2n) is 3.69. The summed E-state index contributed by atoms with van der Waals surface area (Å²) in [6, 6.07) is 2.39. The Morgan fingerprint density at radius 2 is 2.00 bits per heavy atom. The van der Waals surface area contributed by atoms with Crippen LogP contribution >= 0.6 is 27.5 Å². The van der Waals surface area contributed by atoms with Gasteiger partial charge in [0.1, 0.15) is 12.4 Å². The van der Waals surface area contributed by atoms with Crippen LogP contribution in [0.5, 0.6) is 0 Å². The fraction of sp³-hybridized carbons (Fsp3) is 0.455. The Hall–Kier alpha value is -0.530. The summed E-state index contributed by atoms with van der Waals surface area (Å²) in [6.07, 6.45) is -3.94. The second-order valence-corrected chi connectivity index (χ2v) is 4.95. The van der Waals surface area contributed by atoms with E-state index in [1.54, 1.807) is 0 Å². The van der Waals surface area contributed by atoms with Crippen LogP contribution in [0.15, 0.2) is 16.6 Å². The lowest BCUT2D eigenvalue weighted by Gasteiger charge is -2.11. The van der Waals surface area contributed by atoms with Gasteiger partial charge in [-0.2, -0.15) is 13.2 Å². The van der Waals surface area contributed by atoms with Crippen molar-refractivity contribution in [1.82, 2.24) is 0 Å². The Balaban J connectivity index is 2.30. The number of rotatable bonds is 6. The molecule has 1 aromatic rings. The molecule has 0 aliphatic heterocycles. The molecule has 108 valence electrons. The highest BCUT2D eigenvalue weighted by atomic mass is 79.9. The lowest BCUT2D eigenvalue weighted by atomic mass is 10.3. The molecule has 0 spiro atoms. The Labute approximate surface area is 121 Å². The van der Waals surface area contributed by atoms with Crippen LogP contribution < -0.4 is 5.32 Å². The third-order valence-electron chi connectivity index (χ3n) is 2.04. The van der Waals surface area contributed by atoms with E-state index in [1.807, 2.05) is 0 Å². The van der Waals surface area contributed by atoms with Gasteiger partial charge in [-0.3, -0.25) is 0 Å². The van der Waals surface area contributed by atoms with Crippen molar-refractivity contribution in [3.8, 4) is 0 Å². The molecule has 0 aliphatic rings. The molecule has 0 aliphatic carbocycles. The lowest BCUT2D eigenvalue weighted by Crippen LogP contribution is -2.18. The topological polar surface area (TPSA) is 21.3 Å². The van der Waals surface area contributed by atoms with Crippen LogP contribution in [0.3, 0.4) is 0 Å². The van der Waals surface area contributed by atoms with Crippen LogP contribution in [0.4, 0.5) is 23.2 Å². The zero-order valence-electron chi connectivity index (χ0n) is 9.66. The highest BCUT2D eigenvalue weighted by Crippen LogP contribution is 2.31. The van der Waals surface area contributed by atoms with Gasteiger partial charge >= 0.3 is 6.18 Å². The van der Waals surface area contributed by atoms with E-state index in [9.17, 15) is 17.6 Å². The van der Waals surface area contributed by atoms with Gasteiger partial charge in [-0.15, -0.1) is 0 Å². The van der Waals surface area contributed by atoms with E-state index < -0.39 is 18.6 Å². The molecule has 1 rings (SSSR count). The van der Waals surface area contributed by atoms with Crippen molar-refractivity contribution < 1.29 is 22.3 Å². The van der Waals surface area contributed by atoms with E-state index in [-0.39, 0.29) is 11.6 Å². The molecule has 1 aromatic carbocycles. The highest BCUT2D eigenvalue weighted by Gasteiger charge is 2.27. The van der Waals surface area contributed by atoms with Crippen molar-refractivity contribution in [3.63, 3.8) is 0 Å². The summed E-state index contributed by atoms with van der Waals surface area (Å²) in [6.45, 7) is -0.918. The third-order valence-corrected chi connectivity index (χ3v) is 2.96. The van der Waals surface area contributed by atoms with E-state index in [4.69, 9.17) is 11.6 Å². The summed E-state index contributed by atoms with van der Waals surface area (Å²) in [7, 11) is 0. The maximum atomic E-state index is 12.9. The standard InChI is InChI=1S/C11H11BrClF4NO/c12-8-4-7(14)5-9(13)10(8)18-2-1-3-19-6-11(15,16)17/h4-5,18H,1-3,6H2. The van der Waals surface area contributed by atoms with Crippen molar-refractivity contribution >= 4 is 33.2 Å². The average Bonchev–Trinajstić information content (AvgIpc) is 2.24.